The molecule has 0 aliphatic carbocycles. The summed E-state index contributed by atoms with van der Waals surface area (Å²) in [6.07, 6.45) is 3.68. The van der Waals surface area contributed by atoms with Gasteiger partial charge in [0.05, 0.1) is 12.3 Å². The standard InChI is InChI=1S/C11H9NO2/c13-10-6-2-1-4-8(11(10)14)9-5-3-7-12-9/h1-6H,7H2,(H,13,14). The summed E-state index contributed by atoms with van der Waals surface area (Å²) in [4.78, 5) is 15.4. The number of hydrogen-bond acceptors (Lipinski definition) is 3. The van der Waals surface area contributed by atoms with Gasteiger partial charge in [0, 0.05) is 5.56 Å². The summed E-state index contributed by atoms with van der Waals surface area (Å²) >= 11 is 0. The number of aliphatic imine (C=N–C) groups is 1. The number of rotatable bonds is 1. The Morgan fingerprint density at radius 1 is 1.29 bits per heavy atom. The number of aromatic hydroxyl groups is 1. The summed E-state index contributed by atoms with van der Waals surface area (Å²) in [5.41, 5.74) is 0.776. The Morgan fingerprint density at radius 2 is 2.07 bits per heavy atom. The summed E-state index contributed by atoms with van der Waals surface area (Å²) in [7, 11) is 0. The summed E-state index contributed by atoms with van der Waals surface area (Å²) in [5.74, 6) is -0.236. The molecule has 0 spiro atoms. The van der Waals surface area contributed by atoms with E-state index >= 15 is 0 Å². The quantitative estimate of drug-likeness (QED) is 0.716. The lowest BCUT2D eigenvalue weighted by Crippen LogP contribution is -2.01. The average Bonchev–Trinajstić information content (AvgIpc) is 2.64. The summed E-state index contributed by atoms with van der Waals surface area (Å²) in [5, 5.41) is 9.59. The third-order valence-corrected chi connectivity index (χ3v) is 2.03. The molecule has 0 saturated carbocycles. The molecule has 0 bridgehead atoms. The molecule has 14 heavy (non-hydrogen) atoms. The van der Waals surface area contributed by atoms with Gasteiger partial charge in [0.2, 0.25) is 5.43 Å². The Balaban J connectivity index is 2.65. The van der Waals surface area contributed by atoms with Gasteiger partial charge in [0.15, 0.2) is 5.75 Å². The van der Waals surface area contributed by atoms with Crippen molar-refractivity contribution in [3.63, 3.8) is 0 Å². The molecule has 3 heteroatoms. The van der Waals surface area contributed by atoms with Crippen LogP contribution in [-0.2, 0) is 0 Å². The van der Waals surface area contributed by atoms with E-state index in [0.29, 0.717) is 17.8 Å². The lowest BCUT2D eigenvalue weighted by Gasteiger charge is -1.96. The van der Waals surface area contributed by atoms with Gasteiger partial charge >= 0.3 is 0 Å². The van der Waals surface area contributed by atoms with Gasteiger partial charge in [0.25, 0.3) is 0 Å². The topological polar surface area (TPSA) is 49.7 Å². The maximum absolute atomic E-state index is 11.3. The molecule has 0 saturated heterocycles. The van der Waals surface area contributed by atoms with Crippen molar-refractivity contribution in [3.05, 3.63) is 52.2 Å². The minimum absolute atomic E-state index is 0.236. The van der Waals surface area contributed by atoms with Gasteiger partial charge in [-0.2, -0.15) is 0 Å². The van der Waals surface area contributed by atoms with Crippen LogP contribution >= 0.6 is 0 Å². The molecule has 1 aromatic carbocycles. The second-order valence-electron chi connectivity index (χ2n) is 2.97. The van der Waals surface area contributed by atoms with E-state index in [2.05, 4.69) is 4.99 Å². The molecule has 0 amide bonds. The highest BCUT2D eigenvalue weighted by Gasteiger charge is 2.09. The Morgan fingerprint density at radius 3 is 2.79 bits per heavy atom. The third-order valence-electron chi connectivity index (χ3n) is 2.03. The summed E-state index contributed by atoms with van der Waals surface area (Å²) in [6.45, 7) is 0.613. The van der Waals surface area contributed by atoms with Gasteiger partial charge < -0.3 is 5.11 Å². The highest BCUT2D eigenvalue weighted by Crippen LogP contribution is 2.14. The largest absolute Gasteiger partial charge is 0.504 e. The monoisotopic (exact) mass is 187 g/mol. The van der Waals surface area contributed by atoms with E-state index in [1.807, 2.05) is 6.08 Å². The predicted octanol–water partition coefficient (Wildman–Crippen LogP) is 1.11. The first kappa shape index (κ1) is 8.69. The third kappa shape index (κ3) is 1.44. The van der Waals surface area contributed by atoms with Crippen LogP contribution in [-0.4, -0.2) is 17.4 Å². The molecular weight excluding hydrogens is 178 g/mol. The van der Waals surface area contributed by atoms with E-state index in [4.69, 9.17) is 0 Å². The number of nitrogens with zero attached hydrogens (tertiary/aromatic N) is 1. The van der Waals surface area contributed by atoms with E-state index in [-0.39, 0.29) is 11.2 Å². The van der Waals surface area contributed by atoms with Crippen molar-refractivity contribution in [1.82, 2.24) is 0 Å². The molecule has 1 aliphatic rings. The van der Waals surface area contributed by atoms with Gasteiger partial charge in [-0.3, -0.25) is 9.79 Å². The lowest BCUT2D eigenvalue weighted by atomic mass is 10.1. The first-order valence-electron chi connectivity index (χ1n) is 4.33. The van der Waals surface area contributed by atoms with Crippen LogP contribution in [0.2, 0.25) is 0 Å². The van der Waals surface area contributed by atoms with E-state index < -0.39 is 0 Å². The van der Waals surface area contributed by atoms with E-state index in [1.54, 1.807) is 24.3 Å². The van der Waals surface area contributed by atoms with Crippen molar-refractivity contribution < 1.29 is 5.11 Å². The van der Waals surface area contributed by atoms with Gasteiger partial charge in [-0.25, -0.2) is 0 Å². The summed E-state index contributed by atoms with van der Waals surface area (Å²) < 4.78 is 0. The zero-order chi connectivity index (χ0) is 9.97. The average molecular weight is 187 g/mol. The number of hydrogen-bond donors (Lipinski definition) is 1. The molecule has 0 unspecified atom stereocenters. The Labute approximate surface area is 81.1 Å². The molecule has 0 radical (unpaired) electrons. The van der Waals surface area contributed by atoms with Crippen molar-refractivity contribution in [2.75, 3.05) is 6.54 Å². The molecule has 1 heterocycles. The van der Waals surface area contributed by atoms with Crippen LogP contribution in [0.25, 0.3) is 0 Å². The van der Waals surface area contributed by atoms with E-state index in [9.17, 15) is 9.90 Å². The molecule has 70 valence electrons. The van der Waals surface area contributed by atoms with Crippen LogP contribution in [0.5, 0.6) is 5.75 Å². The second-order valence-corrected chi connectivity index (χ2v) is 2.97. The van der Waals surface area contributed by atoms with Gasteiger partial charge in [-0.15, -0.1) is 0 Å². The first-order chi connectivity index (χ1) is 6.79. The molecule has 1 aromatic rings. The Bertz CT molecular complexity index is 475. The molecular formula is C11H9NO2. The second kappa shape index (κ2) is 3.46. The van der Waals surface area contributed by atoms with Crippen LogP contribution in [0.15, 0.2) is 46.2 Å². The van der Waals surface area contributed by atoms with Crippen molar-refractivity contribution in [2.24, 2.45) is 4.99 Å². The fourth-order valence-corrected chi connectivity index (χ4v) is 1.34. The van der Waals surface area contributed by atoms with Gasteiger partial charge in [-0.05, 0) is 18.2 Å². The fraction of sp³-hybridized carbons (Fsp3) is 0.0909. The van der Waals surface area contributed by atoms with E-state index in [1.165, 1.54) is 6.07 Å². The number of allylic oxidation sites excluding steroid dienone is 1. The molecule has 1 N–H and O–H groups in total. The molecule has 0 aromatic heterocycles. The molecule has 1 aliphatic heterocycles. The van der Waals surface area contributed by atoms with Gasteiger partial charge in [0.1, 0.15) is 0 Å². The predicted molar refractivity (Wildman–Crippen MR) is 54.9 cm³/mol. The van der Waals surface area contributed by atoms with Crippen LogP contribution in [0.4, 0.5) is 0 Å². The van der Waals surface area contributed by atoms with Crippen molar-refractivity contribution in [2.45, 2.75) is 0 Å². The van der Waals surface area contributed by atoms with Crippen molar-refractivity contribution in [1.29, 1.82) is 0 Å². The molecule has 2 rings (SSSR count). The summed E-state index contributed by atoms with van der Waals surface area (Å²) in [6, 6.07) is 6.33. The van der Waals surface area contributed by atoms with Crippen LogP contribution in [0.1, 0.15) is 5.56 Å². The maximum Gasteiger partial charge on any atom is 0.220 e. The van der Waals surface area contributed by atoms with Crippen LogP contribution in [0, 0.1) is 0 Å². The first-order valence-corrected chi connectivity index (χ1v) is 4.33. The highest BCUT2D eigenvalue weighted by molar-refractivity contribution is 6.11. The van der Waals surface area contributed by atoms with Crippen molar-refractivity contribution >= 4 is 5.71 Å². The maximum atomic E-state index is 11.3. The van der Waals surface area contributed by atoms with Crippen molar-refractivity contribution in [3.8, 4) is 5.75 Å². The van der Waals surface area contributed by atoms with E-state index in [0.717, 1.165) is 0 Å². The van der Waals surface area contributed by atoms with Crippen LogP contribution < -0.4 is 5.43 Å². The Hall–Kier alpha value is -1.90. The molecule has 0 fully saturated rings. The minimum atomic E-state index is -0.381. The highest BCUT2D eigenvalue weighted by atomic mass is 16.3. The zero-order valence-electron chi connectivity index (χ0n) is 7.47. The lowest BCUT2D eigenvalue weighted by molar-refractivity contribution is 0.470. The molecule has 3 nitrogen and oxygen atoms in total. The molecule has 0 atom stereocenters. The SMILES string of the molecule is O=c1ccccc(C2=NCC=C2)c1O. The normalized spacial score (nSPS) is 14.1. The van der Waals surface area contributed by atoms with Gasteiger partial charge in [-0.1, -0.05) is 18.2 Å². The Kier molecular flexibility index (Phi) is 2.14. The minimum Gasteiger partial charge on any atom is -0.504 e. The fourth-order valence-electron chi connectivity index (χ4n) is 1.34. The zero-order valence-corrected chi connectivity index (χ0v) is 7.47. The smallest absolute Gasteiger partial charge is 0.220 e. The van der Waals surface area contributed by atoms with Crippen LogP contribution in [0.3, 0.4) is 0 Å².